The van der Waals surface area contributed by atoms with Gasteiger partial charge in [0.05, 0.1) is 24.7 Å². The molecule has 0 spiro atoms. The van der Waals surface area contributed by atoms with E-state index in [0.717, 1.165) is 35.0 Å². The predicted octanol–water partition coefficient (Wildman–Crippen LogP) is 5.73. The van der Waals surface area contributed by atoms with Crippen LogP contribution in [0.25, 0.3) is 6.08 Å². The Bertz CT molecular complexity index is 1050. The topological polar surface area (TPSA) is 48.0 Å². The van der Waals surface area contributed by atoms with Crippen molar-refractivity contribution in [1.82, 2.24) is 4.90 Å². The number of hydrogen-bond acceptors (Lipinski definition) is 6. The number of carbonyl (C=O) groups excluding carboxylic acids is 1. The lowest BCUT2D eigenvalue weighted by atomic mass is 10.1. The first-order valence-electron chi connectivity index (χ1n) is 10.4. The molecule has 2 aliphatic heterocycles. The predicted molar refractivity (Wildman–Crippen MR) is 135 cm³/mol. The van der Waals surface area contributed by atoms with Gasteiger partial charge < -0.3 is 14.2 Å². The van der Waals surface area contributed by atoms with Crippen LogP contribution in [0.1, 0.15) is 29.5 Å². The van der Waals surface area contributed by atoms with Crippen LogP contribution in [0.15, 0.2) is 45.8 Å². The van der Waals surface area contributed by atoms with E-state index in [4.69, 9.17) is 26.4 Å². The summed E-state index contributed by atoms with van der Waals surface area (Å²) in [6.45, 7) is 3.75. The molecule has 0 aromatic heterocycles. The molecule has 2 saturated heterocycles. The van der Waals surface area contributed by atoms with Gasteiger partial charge in [-0.1, -0.05) is 69.7 Å². The number of ether oxygens (including phenoxy) is 3. The number of aryl methyl sites for hydroxylation is 1. The Balaban J connectivity index is 1.50. The van der Waals surface area contributed by atoms with Gasteiger partial charge in [-0.15, -0.1) is 0 Å². The molecule has 0 N–H and O–H groups in total. The molecule has 8 heteroatoms. The third kappa shape index (κ3) is 5.36. The van der Waals surface area contributed by atoms with Crippen LogP contribution in [0.2, 0.25) is 0 Å². The number of amides is 1. The molecule has 32 heavy (non-hydrogen) atoms. The first-order valence-corrected chi connectivity index (χ1v) is 12.4. The summed E-state index contributed by atoms with van der Waals surface area (Å²) in [5, 5.41) is 0. The fraction of sp³-hybridized carbons (Fsp3) is 0.333. The summed E-state index contributed by atoms with van der Waals surface area (Å²) >= 11 is 10.4. The highest BCUT2D eigenvalue weighted by molar-refractivity contribution is 9.10. The highest BCUT2D eigenvalue weighted by Crippen LogP contribution is 2.38. The van der Waals surface area contributed by atoms with Gasteiger partial charge in [0.2, 0.25) is 0 Å². The summed E-state index contributed by atoms with van der Waals surface area (Å²) in [7, 11) is 1.60. The number of benzene rings is 2. The lowest BCUT2D eigenvalue weighted by molar-refractivity contribution is -0.123. The molecule has 5 nitrogen and oxygen atoms in total. The van der Waals surface area contributed by atoms with Crippen molar-refractivity contribution in [2.24, 2.45) is 0 Å². The van der Waals surface area contributed by atoms with E-state index in [2.05, 4.69) is 35.0 Å². The van der Waals surface area contributed by atoms with Crippen molar-refractivity contribution in [3.63, 3.8) is 0 Å². The van der Waals surface area contributed by atoms with Crippen LogP contribution in [0.3, 0.4) is 0 Å². The van der Waals surface area contributed by atoms with Gasteiger partial charge in [0.25, 0.3) is 5.91 Å². The molecular formula is C24H24BrNO4S2. The normalized spacial score (nSPS) is 19.8. The maximum absolute atomic E-state index is 12.9. The van der Waals surface area contributed by atoms with Crippen LogP contribution >= 0.6 is 39.9 Å². The van der Waals surface area contributed by atoms with Gasteiger partial charge in [0.15, 0.2) is 11.5 Å². The molecular weight excluding hydrogens is 510 g/mol. The highest BCUT2D eigenvalue weighted by Gasteiger charge is 2.34. The molecule has 0 radical (unpaired) electrons. The minimum absolute atomic E-state index is 0.0636. The fourth-order valence-electron chi connectivity index (χ4n) is 3.57. The van der Waals surface area contributed by atoms with E-state index in [1.165, 1.54) is 17.3 Å². The second-order valence-electron chi connectivity index (χ2n) is 7.73. The molecule has 1 amide bonds. The molecule has 2 heterocycles. The number of rotatable bonds is 7. The summed E-state index contributed by atoms with van der Waals surface area (Å²) in [5.41, 5.74) is 3.11. The largest absolute Gasteiger partial charge is 0.493 e. The van der Waals surface area contributed by atoms with E-state index in [1.807, 2.05) is 30.3 Å². The molecule has 2 aromatic carbocycles. The first kappa shape index (κ1) is 23.3. The van der Waals surface area contributed by atoms with E-state index in [1.54, 1.807) is 12.0 Å². The Labute approximate surface area is 206 Å². The quantitative estimate of drug-likeness (QED) is 0.334. The van der Waals surface area contributed by atoms with Crippen molar-refractivity contribution >= 4 is 56.2 Å². The maximum atomic E-state index is 12.9. The van der Waals surface area contributed by atoms with Crippen molar-refractivity contribution in [2.45, 2.75) is 32.5 Å². The number of thioether (sulfide) groups is 1. The van der Waals surface area contributed by atoms with Crippen LogP contribution in [0.4, 0.5) is 0 Å². The number of hydrogen-bond donors (Lipinski definition) is 0. The molecule has 0 saturated carbocycles. The van der Waals surface area contributed by atoms with E-state index >= 15 is 0 Å². The Hall–Kier alpha value is -1.87. The van der Waals surface area contributed by atoms with E-state index < -0.39 is 0 Å². The molecule has 168 valence electrons. The van der Waals surface area contributed by atoms with Crippen molar-refractivity contribution in [3.8, 4) is 11.5 Å². The average Bonchev–Trinajstić information content (AvgIpc) is 3.39. The molecule has 4 rings (SSSR count). The van der Waals surface area contributed by atoms with Gasteiger partial charge in [-0.05, 0) is 49.1 Å². The second kappa shape index (κ2) is 10.4. The molecule has 2 aliphatic rings. The first-order chi connectivity index (χ1) is 15.4. The number of methoxy groups -OCH3 is 1. The highest BCUT2D eigenvalue weighted by atomic mass is 79.9. The number of nitrogens with zero attached hydrogens (tertiary/aromatic N) is 1. The Morgan fingerprint density at radius 1 is 1.28 bits per heavy atom. The van der Waals surface area contributed by atoms with E-state index in [0.29, 0.717) is 33.9 Å². The average molecular weight is 534 g/mol. The zero-order valence-electron chi connectivity index (χ0n) is 17.9. The smallest absolute Gasteiger partial charge is 0.266 e. The van der Waals surface area contributed by atoms with Crippen LogP contribution in [-0.4, -0.2) is 41.5 Å². The zero-order valence-corrected chi connectivity index (χ0v) is 21.1. The van der Waals surface area contributed by atoms with Crippen molar-refractivity contribution in [1.29, 1.82) is 0 Å². The van der Waals surface area contributed by atoms with Crippen LogP contribution in [0, 0.1) is 6.92 Å². The van der Waals surface area contributed by atoms with Gasteiger partial charge >= 0.3 is 0 Å². The van der Waals surface area contributed by atoms with Gasteiger partial charge in [0, 0.05) is 11.1 Å². The minimum atomic E-state index is -0.0823. The van der Waals surface area contributed by atoms with Gasteiger partial charge in [0.1, 0.15) is 10.9 Å². The molecule has 0 unspecified atom stereocenters. The third-order valence-corrected chi connectivity index (χ3v) is 7.43. The van der Waals surface area contributed by atoms with Gasteiger partial charge in [-0.2, -0.15) is 0 Å². The number of thiocarbonyl (C=S) groups is 1. The van der Waals surface area contributed by atoms with Crippen molar-refractivity contribution in [3.05, 3.63) is 62.5 Å². The van der Waals surface area contributed by atoms with Crippen molar-refractivity contribution < 1.29 is 19.0 Å². The zero-order chi connectivity index (χ0) is 22.7. The van der Waals surface area contributed by atoms with Crippen LogP contribution < -0.4 is 9.47 Å². The second-order valence-corrected chi connectivity index (χ2v) is 10.3. The lowest BCUT2D eigenvalue weighted by Crippen LogP contribution is -2.35. The third-order valence-electron chi connectivity index (χ3n) is 5.37. The summed E-state index contributed by atoms with van der Waals surface area (Å²) < 4.78 is 18.6. The van der Waals surface area contributed by atoms with Crippen molar-refractivity contribution in [2.75, 3.05) is 20.3 Å². The summed E-state index contributed by atoms with van der Waals surface area (Å²) in [6.07, 6.45) is 3.89. The fourth-order valence-corrected chi connectivity index (χ4v) is 5.27. The van der Waals surface area contributed by atoms with Crippen LogP contribution in [0.5, 0.6) is 11.5 Å². The van der Waals surface area contributed by atoms with E-state index in [-0.39, 0.29) is 12.0 Å². The lowest BCUT2D eigenvalue weighted by Gasteiger charge is -2.18. The van der Waals surface area contributed by atoms with E-state index in [9.17, 15) is 4.79 Å². The number of halogens is 1. The Kier molecular flexibility index (Phi) is 7.55. The maximum Gasteiger partial charge on any atom is 0.266 e. The molecule has 1 atom stereocenters. The van der Waals surface area contributed by atoms with Gasteiger partial charge in [-0.3, -0.25) is 9.69 Å². The minimum Gasteiger partial charge on any atom is -0.493 e. The summed E-state index contributed by atoms with van der Waals surface area (Å²) in [5.74, 6) is 1.14. The number of carbonyl (C=O) groups is 1. The molecule has 2 fully saturated rings. The summed E-state index contributed by atoms with van der Waals surface area (Å²) in [4.78, 5) is 15.2. The standard InChI is InChI=1S/C24H24BrNO4S2/c1-15-5-7-16(8-6-15)14-30-21-12-19(25)17(10-20(21)28-2)11-22-23(27)26(24(31)32-22)13-18-4-3-9-29-18/h5-8,10-12,18H,3-4,9,13-14H2,1-2H3/b22-11-/t18-/m1/s1. The van der Waals surface area contributed by atoms with Gasteiger partial charge in [-0.25, -0.2) is 0 Å². The Morgan fingerprint density at radius 3 is 2.75 bits per heavy atom. The monoisotopic (exact) mass is 533 g/mol. The molecule has 2 aromatic rings. The molecule has 0 bridgehead atoms. The van der Waals surface area contributed by atoms with Crippen LogP contribution in [-0.2, 0) is 16.1 Å². The molecule has 0 aliphatic carbocycles. The SMILES string of the molecule is COc1cc(/C=C2\SC(=S)N(C[C@H]3CCCO3)C2=O)c(Br)cc1OCc1ccc(C)cc1. The summed E-state index contributed by atoms with van der Waals surface area (Å²) in [6, 6.07) is 11.9. The Morgan fingerprint density at radius 2 is 2.06 bits per heavy atom.